The summed E-state index contributed by atoms with van der Waals surface area (Å²) in [5.41, 5.74) is 0.934. The zero-order valence-electron chi connectivity index (χ0n) is 12.9. The fraction of sp³-hybridized carbons (Fsp3) is 0.118. The van der Waals surface area contributed by atoms with E-state index in [2.05, 4.69) is 15.4 Å². The number of nitrogens with one attached hydrogen (secondary N) is 1. The fourth-order valence-electron chi connectivity index (χ4n) is 2.17. The van der Waals surface area contributed by atoms with E-state index < -0.39 is 23.6 Å². The second kappa shape index (κ2) is 7.18. The smallest absolute Gasteiger partial charge is 0.295 e. The van der Waals surface area contributed by atoms with Gasteiger partial charge in [-0.2, -0.15) is 0 Å². The number of nitrogens with zero attached hydrogens (tertiary/aromatic N) is 3. The third-order valence-corrected chi connectivity index (χ3v) is 3.46. The lowest BCUT2D eigenvalue weighted by Gasteiger charge is -2.10. The van der Waals surface area contributed by atoms with Gasteiger partial charge in [-0.3, -0.25) is 4.79 Å². The van der Waals surface area contributed by atoms with Crippen LogP contribution in [0.2, 0.25) is 0 Å². The first kappa shape index (κ1) is 16.7. The van der Waals surface area contributed by atoms with Gasteiger partial charge in [0.2, 0.25) is 5.82 Å². The van der Waals surface area contributed by atoms with Crippen LogP contribution in [0.4, 0.5) is 14.5 Å². The quantitative estimate of drug-likeness (QED) is 0.745. The molecule has 1 atom stereocenters. The molecular weight excluding hydrogens is 330 g/mol. The predicted octanol–water partition coefficient (Wildman–Crippen LogP) is 2.54. The molecule has 0 spiro atoms. The third-order valence-electron chi connectivity index (χ3n) is 3.46. The summed E-state index contributed by atoms with van der Waals surface area (Å²) in [6.45, 7) is 0.0580. The van der Waals surface area contributed by atoms with Gasteiger partial charge in [0.25, 0.3) is 5.91 Å². The van der Waals surface area contributed by atoms with Gasteiger partial charge in [-0.15, -0.1) is 5.10 Å². The van der Waals surface area contributed by atoms with E-state index in [1.165, 1.54) is 59.5 Å². The standard InChI is InChI=1S/C17H14F2N4O2/c18-12-3-1-11(2-4-12)15(24)9-23-10-20-16(22-23)17(25)21-14-7-5-13(19)6-8-14/h1-8,10,15,24H,9H2,(H,21,25)/t15-/m1/s1. The van der Waals surface area contributed by atoms with E-state index in [-0.39, 0.29) is 12.4 Å². The number of carbonyl (C=O) groups excluding carboxylic acids is 1. The number of anilines is 1. The molecule has 25 heavy (non-hydrogen) atoms. The molecule has 3 rings (SSSR count). The lowest BCUT2D eigenvalue weighted by molar-refractivity contribution is 0.101. The van der Waals surface area contributed by atoms with Gasteiger partial charge < -0.3 is 10.4 Å². The highest BCUT2D eigenvalue weighted by Gasteiger charge is 2.14. The van der Waals surface area contributed by atoms with Gasteiger partial charge in [0.05, 0.1) is 12.6 Å². The lowest BCUT2D eigenvalue weighted by atomic mass is 10.1. The Labute approximate surface area is 141 Å². The van der Waals surface area contributed by atoms with Crippen molar-refractivity contribution in [3.8, 4) is 0 Å². The Balaban J connectivity index is 1.64. The number of halogens is 2. The molecule has 0 aliphatic heterocycles. The zero-order chi connectivity index (χ0) is 17.8. The van der Waals surface area contributed by atoms with Crippen LogP contribution in [-0.4, -0.2) is 25.8 Å². The Morgan fingerprint density at radius 1 is 1.08 bits per heavy atom. The number of aromatic nitrogens is 3. The Hall–Kier alpha value is -3.13. The molecule has 0 unspecified atom stereocenters. The third kappa shape index (κ3) is 4.24. The number of aliphatic hydroxyl groups is 1. The van der Waals surface area contributed by atoms with Crippen molar-refractivity contribution in [1.82, 2.24) is 14.8 Å². The summed E-state index contributed by atoms with van der Waals surface area (Å²) >= 11 is 0. The molecule has 128 valence electrons. The van der Waals surface area contributed by atoms with E-state index in [4.69, 9.17) is 0 Å². The van der Waals surface area contributed by atoms with Gasteiger partial charge in [-0.25, -0.2) is 18.4 Å². The monoisotopic (exact) mass is 344 g/mol. The molecule has 1 amide bonds. The van der Waals surface area contributed by atoms with E-state index in [0.717, 1.165) is 0 Å². The SMILES string of the molecule is O=C(Nc1ccc(F)cc1)c1ncn(C[C@@H](O)c2ccc(F)cc2)n1. The Kier molecular flexibility index (Phi) is 4.80. The maximum atomic E-state index is 12.9. The number of rotatable bonds is 5. The van der Waals surface area contributed by atoms with E-state index in [0.29, 0.717) is 11.3 Å². The van der Waals surface area contributed by atoms with Crippen molar-refractivity contribution >= 4 is 11.6 Å². The van der Waals surface area contributed by atoms with Crippen LogP contribution >= 0.6 is 0 Å². The molecule has 0 aliphatic rings. The predicted molar refractivity (Wildman–Crippen MR) is 85.7 cm³/mol. The maximum absolute atomic E-state index is 12.9. The van der Waals surface area contributed by atoms with Crippen molar-refractivity contribution in [2.45, 2.75) is 12.6 Å². The lowest BCUT2D eigenvalue weighted by Crippen LogP contribution is -2.15. The first-order valence-electron chi connectivity index (χ1n) is 7.41. The molecule has 6 nitrogen and oxygen atoms in total. The first-order valence-corrected chi connectivity index (χ1v) is 7.41. The first-order chi connectivity index (χ1) is 12.0. The van der Waals surface area contributed by atoms with Gasteiger partial charge in [0, 0.05) is 5.69 Å². The van der Waals surface area contributed by atoms with Crippen LogP contribution in [0, 0.1) is 11.6 Å². The minimum Gasteiger partial charge on any atom is -0.386 e. The van der Waals surface area contributed by atoms with Crippen molar-refractivity contribution in [3.63, 3.8) is 0 Å². The normalized spacial score (nSPS) is 12.0. The Morgan fingerprint density at radius 2 is 1.68 bits per heavy atom. The summed E-state index contributed by atoms with van der Waals surface area (Å²) < 4.78 is 27.1. The van der Waals surface area contributed by atoms with Crippen molar-refractivity contribution in [3.05, 3.63) is 77.9 Å². The fourth-order valence-corrected chi connectivity index (χ4v) is 2.17. The molecule has 2 aromatic carbocycles. The highest BCUT2D eigenvalue weighted by Crippen LogP contribution is 2.15. The van der Waals surface area contributed by atoms with E-state index in [1.807, 2.05) is 0 Å². The summed E-state index contributed by atoms with van der Waals surface area (Å²) in [7, 11) is 0. The maximum Gasteiger partial charge on any atom is 0.295 e. The van der Waals surface area contributed by atoms with E-state index in [1.54, 1.807) is 0 Å². The molecule has 8 heteroatoms. The van der Waals surface area contributed by atoms with Crippen molar-refractivity contribution < 1.29 is 18.7 Å². The molecule has 0 saturated carbocycles. The summed E-state index contributed by atoms with van der Waals surface area (Å²) in [6, 6.07) is 10.7. The van der Waals surface area contributed by atoms with Crippen LogP contribution in [0.5, 0.6) is 0 Å². The average molecular weight is 344 g/mol. The van der Waals surface area contributed by atoms with Crippen molar-refractivity contribution in [2.75, 3.05) is 5.32 Å². The van der Waals surface area contributed by atoms with Gasteiger partial charge in [0.15, 0.2) is 0 Å². The number of aliphatic hydroxyl groups excluding tert-OH is 1. The van der Waals surface area contributed by atoms with Gasteiger partial charge in [-0.05, 0) is 42.0 Å². The number of hydrogen-bond acceptors (Lipinski definition) is 4. The van der Waals surface area contributed by atoms with Crippen LogP contribution < -0.4 is 5.32 Å². The summed E-state index contributed by atoms with van der Waals surface area (Å²) in [5.74, 6) is -1.44. The highest BCUT2D eigenvalue weighted by molar-refractivity contribution is 6.01. The molecule has 1 heterocycles. The van der Waals surface area contributed by atoms with Gasteiger partial charge in [-0.1, -0.05) is 12.1 Å². The van der Waals surface area contributed by atoms with Crippen molar-refractivity contribution in [1.29, 1.82) is 0 Å². The van der Waals surface area contributed by atoms with Gasteiger partial charge >= 0.3 is 0 Å². The molecular formula is C17H14F2N4O2. The second-order valence-electron chi connectivity index (χ2n) is 5.32. The van der Waals surface area contributed by atoms with Crippen LogP contribution in [-0.2, 0) is 6.54 Å². The van der Waals surface area contributed by atoms with Gasteiger partial charge in [0.1, 0.15) is 18.0 Å². The summed E-state index contributed by atoms with van der Waals surface area (Å²) in [4.78, 5) is 15.9. The van der Waals surface area contributed by atoms with Crippen LogP contribution in [0.3, 0.4) is 0 Å². The highest BCUT2D eigenvalue weighted by atomic mass is 19.1. The van der Waals surface area contributed by atoms with Crippen molar-refractivity contribution in [2.24, 2.45) is 0 Å². The minimum absolute atomic E-state index is 0.0580. The minimum atomic E-state index is -0.921. The molecule has 0 aliphatic carbocycles. The Morgan fingerprint density at radius 3 is 2.32 bits per heavy atom. The molecule has 0 fully saturated rings. The topological polar surface area (TPSA) is 80.0 Å². The molecule has 3 aromatic rings. The molecule has 2 N–H and O–H groups in total. The number of amides is 1. The number of hydrogen-bond donors (Lipinski definition) is 2. The number of carbonyl (C=O) groups is 1. The van der Waals surface area contributed by atoms with Crippen LogP contribution in [0.15, 0.2) is 54.9 Å². The summed E-state index contributed by atoms with van der Waals surface area (Å²) in [5, 5.41) is 16.7. The molecule has 0 saturated heterocycles. The molecule has 1 aromatic heterocycles. The molecule has 0 bridgehead atoms. The van der Waals surface area contributed by atoms with Crippen LogP contribution in [0.1, 0.15) is 22.3 Å². The average Bonchev–Trinajstić information content (AvgIpc) is 3.06. The summed E-state index contributed by atoms with van der Waals surface area (Å²) in [6.07, 6.45) is 0.391. The zero-order valence-corrected chi connectivity index (χ0v) is 12.9. The van der Waals surface area contributed by atoms with Crippen LogP contribution in [0.25, 0.3) is 0 Å². The molecule has 0 radical (unpaired) electrons. The van der Waals surface area contributed by atoms with E-state index in [9.17, 15) is 18.7 Å². The van der Waals surface area contributed by atoms with E-state index >= 15 is 0 Å². The Bertz CT molecular complexity index is 863. The second-order valence-corrected chi connectivity index (χ2v) is 5.32. The largest absolute Gasteiger partial charge is 0.386 e. The number of benzene rings is 2.